The number of para-hydroxylation sites is 1. The smallest absolute Gasteiger partial charge is 0.0540 e. The van der Waals surface area contributed by atoms with Crippen molar-refractivity contribution in [1.29, 1.82) is 0 Å². The molecule has 3 unspecified atom stereocenters. The quantitative estimate of drug-likeness (QED) is 0.173. The second-order valence-corrected chi connectivity index (χ2v) is 14.6. The van der Waals surface area contributed by atoms with E-state index < -0.39 is 0 Å². The maximum atomic E-state index is 2.51. The molecule has 1 heteroatoms. The predicted octanol–water partition coefficient (Wildman–Crippen LogP) is 13.8. The second kappa shape index (κ2) is 14.4. The van der Waals surface area contributed by atoms with Crippen LogP contribution < -0.4 is 4.90 Å². The van der Waals surface area contributed by atoms with Crippen LogP contribution in [0.2, 0.25) is 0 Å². The van der Waals surface area contributed by atoms with E-state index in [9.17, 15) is 0 Å². The molecule has 0 heterocycles. The van der Waals surface area contributed by atoms with Crippen molar-refractivity contribution in [1.82, 2.24) is 0 Å². The number of allylic oxidation sites excluding steroid dienone is 2. The molecular formula is C49H49N. The Hall–Kier alpha value is -5.14. The van der Waals surface area contributed by atoms with Gasteiger partial charge in [-0.3, -0.25) is 0 Å². The molecule has 6 aromatic rings. The minimum absolute atomic E-state index is 0.406. The highest BCUT2D eigenvalue weighted by Crippen LogP contribution is 2.49. The Morgan fingerprint density at radius 2 is 1.08 bits per heavy atom. The Balaban J connectivity index is 0.000000433. The van der Waals surface area contributed by atoms with Gasteiger partial charge in [0.05, 0.1) is 5.69 Å². The van der Waals surface area contributed by atoms with Gasteiger partial charge in [0.15, 0.2) is 0 Å². The van der Waals surface area contributed by atoms with Gasteiger partial charge in [0.1, 0.15) is 0 Å². The summed E-state index contributed by atoms with van der Waals surface area (Å²) in [5.74, 6) is 1.96. The van der Waals surface area contributed by atoms with Gasteiger partial charge in [0.25, 0.3) is 0 Å². The first-order valence-electron chi connectivity index (χ1n) is 18.2. The Kier molecular flexibility index (Phi) is 9.59. The summed E-state index contributed by atoms with van der Waals surface area (Å²) in [5.41, 5.74) is 14.5. The Morgan fingerprint density at radius 3 is 1.72 bits per heavy atom. The molecule has 6 aromatic carbocycles. The van der Waals surface area contributed by atoms with Crippen LogP contribution in [-0.2, 0) is 0 Å². The van der Waals surface area contributed by atoms with Crippen LogP contribution in [0, 0.1) is 39.5 Å². The fraction of sp³-hybridized carbons (Fsp3) is 0.224. The largest absolute Gasteiger partial charge is 0.310 e. The molecule has 1 nitrogen and oxygen atoms in total. The molecule has 0 radical (unpaired) electrons. The van der Waals surface area contributed by atoms with Crippen LogP contribution in [0.25, 0.3) is 22.9 Å². The normalized spacial score (nSPS) is 17.0. The van der Waals surface area contributed by atoms with Gasteiger partial charge < -0.3 is 4.90 Å². The van der Waals surface area contributed by atoms with Crippen molar-refractivity contribution in [2.45, 2.75) is 59.8 Å². The van der Waals surface area contributed by atoms with Crippen molar-refractivity contribution in [3.05, 3.63) is 184 Å². The minimum Gasteiger partial charge on any atom is -0.310 e. The highest BCUT2D eigenvalue weighted by molar-refractivity contribution is 6.06. The van der Waals surface area contributed by atoms with Crippen molar-refractivity contribution in [2.75, 3.05) is 4.90 Å². The van der Waals surface area contributed by atoms with Gasteiger partial charge in [0, 0.05) is 22.7 Å². The first-order chi connectivity index (χ1) is 24.3. The number of hydrogen-bond donors (Lipinski definition) is 0. The summed E-state index contributed by atoms with van der Waals surface area (Å²) in [6.45, 7) is 13.4. The van der Waals surface area contributed by atoms with Crippen molar-refractivity contribution in [3.63, 3.8) is 0 Å². The topological polar surface area (TPSA) is 3.24 Å². The van der Waals surface area contributed by atoms with E-state index in [0.29, 0.717) is 23.7 Å². The van der Waals surface area contributed by atoms with Crippen LogP contribution in [0.3, 0.4) is 0 Å². The summed E-state index contributed by atoms with van der Waals surface area (Å²) in [6, 6.07) is 46.6. The Bertz CT molecular complexity index is 2110. The third-order valence-electron chi connectivity index (χ3n) is 11.0. The van der Waals surface area contributed by atoms with E-state index in [4.69, 9.17) is 0 Å². The third kappa shape index (κ3) is 6.83. The fourth-order valence-corrected chi connectivity index (χ4v) is 7.76. The summed E-state index contributed by atoms with van der Waals surface area (Å²) in [4.78, 5) is 2.42. The lowest BCUT2D eigenvalue weighted by atomic mass is 9.74. The number of aryl methyl sites for hydroxylation is 4. The van der Waals surface area contributed by atoms with Crippen LogP contribution in [0.4, 0.5) is 17.1 Å². The highest BCUT2D eigenvalue weighted by atomic mass is 15.1. The van der Waals surface area contributed by atoms with E-state index in [-0.39, 0.29) is 0 Å². The molecule has 2 aliphatic carbocycles. The molecule has 0 N–H and O–H groups in total. The molecule has 8 rings (SSSR count). The van der Waals surface area contributed by atoms with E-state index in [1.165, 1.54) is 72.3 Å². The van der Waals surface area contributed by atoms with Crippen molar-refractivity contribution < 1.29 is 0 Å². The van der Waals surface area contributed by atoms with E-state index in [1.54, 1.807) is 0 Å². The lowest BCUT2D eigenvalue weighted by Crippen LogP contribution is -2.18. The second-order valence-electron chi connectivity index (χ2n) is 14.6. The molecule has 2 aliphatic rings. The summed E-state index contributed by atoms with van der Waals surface area (Å²) in [7, 11) is 0. The number of nitrogens with zero attached hydrogens (tertiary/aromatic N) is 1. The molecule has 0 saturated carbocycles. The molecule has 0 bridgehead atoms. The molecule has 0 aliphatic heterocycles. The Labute approximate surface area is 299 Å². The average molecular weight is 652 g/mol. The number of hydrogen-bond acceptors (Lipinski definition) is 1. The molecule has 0 amide bonds. The molecule has 0 fully saturated rings. The summed E-state index contributed by atoms with van der Waals surface area (Å²) < 4.78 is 0. The van der Waals surface area contributed by atoms with Crippen molar-refractivity contribution >= 4 is 40.0 Å². The standard InChI is InChI=1S/C41H39N.C8H10/c1-27-10-14-31(15-11-27)29(3)30(4)34-18-16-32-20-24-38-39(25-21-33-17-19-35(26-34)40(32)41(33)38)42(36-8-6-5-7-9-36)37-22-12-28(2)13-23-37;1-7-3-5-8(2)6-4-7/h5-25,29-30,34-35H,26H2,1-4H3;3-6H,1-2H3/t29-,30?,34?,35?;/m1./s1. The zero-order valence-corrected chi connectivity index (χ0v) is 30.4. The first-order valence-corrected chi connectivity index (χ1v) is 18.2. The fourth-order valence-electron chi connectivity index (χ4n) is 7.76. The molecule has 4 atom stereocenters. The summed E-state index contributed by atoms with van der Waals surface area (Å²) >= 11 is 0. The Morgan fingerprint density at radius 1 is 0.540 bits per heavy atom. The van der Waals surface area contributed by atoms with Crippen molar-refractivity contribution in [2.24, 2.45) is 11.8 Å². The molecule has 0 aromatic heterocycles. The number of anilines is 3. The summed E-state index contributed by atoms with van der Waals surface area (Å²) in [6.07, 6.45) is 10.9. The van der Waals surface area contributed by atoms with Crippen molar-refractivity contribution in [3.8, 4) is 0 Å². The van der Waals surface area contributed by atoms with Gasteiger partial charge >= 0.3 is 0 Å². The third-order valence-corrected chi connectivity index (χ3v) is 11.0. The van der Waals surface area contributed by atoms with E-state index >= 15 is 0 Å². The maximum absolute atomic E-state index is 2.51. The number of benzene rings is 6. The molecule has 0 saturated heterocycles. The zero-order chi connectivity index (χ0) is 34.8. The molecule has 250 valence electrons. The van der Waals surface area contributed by atoms with Gasteiger partial charge in [-0.05, 0) is 110 Å². The first kappa shape index (κ1) is 33.4. The SMILES string of the molecule is Cc1ccc(C)cc1.Cc1ccc([C@H](C)C(C)C2C=Cc3ccc4c(N(c5ccccc5)c5ccc(C)cc5)ccc5c4c3C(C=C5)C2)cc1. The van der Waals surface area contributed by atoms with Gasteiger partial charge in [-0.2, -0.15) is 0 Å². The van der Waals surface area contributed by atoms with E-state index in [1.807, 2.05) is 0 Å². The minimum atomic E-state index is 0.406. The van der Waals surface area contributed by atoms with Crippen LogP contribution >= 0.6 is 0 Å². The molecule has 0 spiro atoms. The van der Waals surface area contributed by atoms with Crippen LogP contribution in [0.15, 0.2) is 140 Å². The van der Waals surface area contributed by atoms with Gasteiger partial charge in [-0.1, -0.05) is 157 Å². The van der Waals surface area contributed by atoms with Gasteiger partial charge in [-0.25, -0.2) is 0 Å². The lowest BCUT2D eigenvalue weighted by molar-refractivity contribution is 0.347. The van der Waals surface area contributed by atoms with Crippen LogP contribution in [0.1, 0.15) is 76.6 Å². The average Bonchev–Trinajstić information content (AvgIpc) is 3.34. The maximum Gasteiger partial charge on any atom is 0.0540 e. The lowest BCUT2D eigenvalue weighted by Gasteiger charge is -2.31. The van der Waals surface area contributed by atoms with Crippen LogP contribution in [0.5, 0.6) is 0 Å². The summed E-state index contributed by atoms with van der Waals surface area (Å²) in [5, 5.41) is 2.73. The van der Waals surface area contributed by atoms with Crippen LogP contribution in [-0.4, -0.2) is 0 Å². The van der Waals surface area contributed by atoms with E-state index in [0.717, 1.165) is 6.42 Å². The van der Waals surface area contributed by atoms with Gasteiger partial charge in [0.2, 0.25) is 0 Å². The monoisotopic (exact) mass is 651 g/mol. The van der Waals surface area contributed by atoms with E-state index in [2.05, 4.69) is 198 Å². The highest BCUT2D eigenvalue weighted by Gasteiger charge is 2.31. The predicted molar refractivity (Wildman–Crippen MR) is 217 cm³/mol. The number of rotatable bonds is 6. The molecular weight excluding hydrogens is 603 g/mol. The molecule has 50 heavy (non-hydrogen) atoms. The zero-order valence-electron chi connectivity index (χ0n) is 30.4. The van der Waals surface area contributed by atoms with Gasteiger partial charge in [-0.15, -0.1) is 0 Å².